The number of carboxylic acids is 1. The standard InChI is InChI=1S/C11H12N4O2/c1-11(2,10(16)17)15-13-9(12-14-15)8-6-4-3-5-7-8/h3-7H,1-2H3,(H,16,17). The van der Waals surface area contributed by atoms with Gasteiger partial charge in [0.1, 0.15) is 0 Å². The number of nitrogens with zero attached hydrogens (tertiary/aromatic N) is 4. The first kappa shape index (κ1) is 11.3. The van der Waals surface area contributed by atoms with Crippen molar-refractivity contribution in [3.63, 3.8) is 0 Å². The first-order valence-electron chi connectivity index (χ1n) is 5.11. The van der Waals surface area contributed by atoms with Crippen molar-refractivity contribution in [1.29, 1.82) is 0 Å². The van der Waals surface area contributed by atoms with Crippen molar-refractivity contribution in [2.75, 3.05) is 0 Å². The fraction of sp³-hybridized carbons (Fsp3) is 0.273. The summed E-state index contributed by atoms with van der Waals surface area (Å²) in [6.07, 6.45) is 0. The summed E-state index contributed by atoms with van der Waals surface area (Å²) in [4.78, 5) is 12.1. The van der Waals surface area contributed by atoms with Crippen LogP contribution >= 0.6 is 0 Å². The zero-order valence-corrected chi connectivity index (χ0v) is 9.53. The van der Waals surface area contributed by atoms with Crippen LogP contribution in [0.15, 0.2) is 30.3 Å². The summed E-state index contributed by atoms with van der Waals surface area (Å²) in [5.41, 5.74) is -0.403. The molecule has 0 radical (unpaired) electrons. The quantitative estimate of drug-likeness (QED) is 0.858. The minimum atomic E-state index is -1.21. The van der Waals surface area contributed by atoms with E-state index in [1.54, 1.807) is 0 Å². The zero-order valence-electron chi connectivity index (χ0n) is 9.53. The first-order valence-corrected chi connectivity index (χ1v) is 5.11. The van der Waals surface area contributed by atoms with E-state index in [0.29, 0.717) is 5.82 Å². The van der Waals surface area contributed by atoms with Gasteiger partial charge >= 0.3 is 5.97 Å². The van der Waals surface area contributed by atoms with Crippen LogP contribution in [-0.2, 0) is 10.3 Å². The maximum absolute atomic E-state index is 11.0. The molecule has 88 valence electrons. The number of rotatable bonds is 3. The van der Waals surface area contributed by atoms with Crippen molar-refractivity contribution < 1.29 is 9.90 Å². The van der Waals surface area contributed by atoms with Crippen molar-refractivity contribution in [2.45, 2.75) is 19.4 Å². The van der Waals surface area contributed by atoms with E-state index in [1.807, 2.05) is 30.3 Å². The van der Waals surface area contributed by atoms with Crippen molar-refractivity contribution in [1.82, 2.24) is 20.2 Å². The molecular formula is C11H12N4O2. The zero-order chi connectivity index (χ0) is 12.5. The minimum Gasteiger partial charge on any atom is -0.479 e. The number of aromatic nitrogens is 4. The van der Waals surface area contributed by atoms with E-state index in [4.69, 9.17) is 5.11 Å². The number of carboxylic acid groups (broad SMARTS) is 1. The highest BCUT2D eigenvalue weighted by Gasteiger charge is 2.32. The summed E-state index contributed by atoms with van der Waals surface area (Å²) in [7, 11) is 0. The van der Waals surface area contributed by atoms with E-state index in [-0.39, 0.29) is 0 Å². The predicted octanol–water partition coefficient (Wildman–Crippen LogP) is 1.16. The monoisotopic (exact) mass is 232 g/mol. The van der Waals surface area contributed by atoms with Gasteiger partial charge in [-0.2, -0.15) is 0 Å². The number of hydrogen-bond acceptors (Lipinski definition) is 4. The molecule has 6 nitrogen and oxygen atoms in total. The SMILES string of the molecule is CC(C)(C(=O)O)n1nnc(-c2ccccc2)n1. The normalized spacial score (nSPS) is 11.4. The third kappa shape index (κ3) is 2.01. The maximum Gasteiger partial charge on any atom is 0.333 e. The van der Waals surface area contributed by atoms with Gasteiger partial charge in [-0.15, -0.1) is 15.0 Å². The highest BCUT2D eigenvalue weighted by atomic mass is 16.4. The lowest BCUT2D eigenvalue weighted by Crippen LogP contribution is -2.37. The highest BCUT2D eigenvalue weighted by molar-refractivity contribution is 5.75. The van der Waals surface area contributed by atoms with E-state index in [2.05, 4.69) is 15.4 Å². The minimum absolute atomic E-state index is 0.417. The molecule has 2 aromatic rings. The fourth-order valence-corrected chi connectivity index (χ4v) is 1.24. The van der Waals surface area contributed by atoms with Crippen molar-refractivity contribution in [3.8, 4) is 11.4 Å². The van der Waals surface area contributed by atoms with Crippen LogP contribution in [-0.4, -0.2) is 31.3 Å². The second kappa shape index (κ2) is 3.97. The lowest BCUT2D eigenvalue weighted by molar-refractivity contribution is -0.146. The Hall–Kier alpha value is -2.24. The van der Waals surface area contributed by atoms with E-state index < -0.39 is 11.5 Å². The van der Waals surface area contributed by atoms with Crippen molar-refractivity contribution in [3.05, 3.63) is 30.3 Å². The second-order valence-electron chi connectivity index (χ2n) is 4.13. The average Bonchev–Trinajstić information content (AvgIpc) is 2.80. The number of hydrogen-bond donors (Lipinski definition) is 1. The summed E-state index contributed by atoms with van der Waals surface area (Å²) in [5, 5.41) is 20.8. The maximum atomic E-state index is 11.0. The Bertz CT molecular complexity index is 533. The number of carbonyl (C=O) groups is 1. The molecule has 0 bridgehead atoms. The third-order valence-corrected chi connectivity index (χ3v) is 2.47. The Morgan fingerprint density at radius 2 is 1.94 bits per heavy atom. The number of tetrazole rings is 1. The van der Waals surface area contributed by atoms with Gasteiger partial charge < -0.3 is 5.11 Å². The average molecular weight is 232 g/mol. The Labute approximate surface area is 97.9 Å². The molecule has 0 saturated carbocycles. The topological polar surface area (TPSA) is 80.9 Å². The third-order valence-electron chi connectivity index (χ3n) is 2.47. The van der Waals surface area contributed by atoms with E-state index in [9.17, 15) is 4.79 Å². The molecule has 17 heavy (non-hydrogen) atoms. The van der Waals surface area contributed by atoms with E-state index >= 15 is 0 Å². The van der Waals surface area contributed by atoms with Crippen LogP contribution in [0.2, 0.25) is 0 Å². The van der Waals surface area contributed by atoms with Crippen molar-refractivity contribution >= 4 is 5.97 Å². The lowest BCUT2D eigenvalue weighted by atomic mass is 10.1. The van der Waals surface area contributed by atoms with Gasteiger partial charge in [-0.3, -0.25) is 0 Å². The Morgan fingerprint density at radius 1 is 1.29 bits per heavy atom. The molecule has 0 aliphatic rings. The summed E-state index contributed by atoms with van der Waals surface area (Å²) in [6.45, 7) is 3.04. The second-order valence-corrected chi connectivity index (χ2v) is 4.13. The van der Waals surface area contributed by atoms with Crippen LogP contribution < -0.4 is 0 Å². The Balaban J connectivity index is 2.38. The summed E-state index contributed by atoms with van der Waals surface area (Å²) >= 11 is 0. The molecule has 0 fully saturated rings. The molecule has 6 heteroatoms. The molecule has 2 rings (SSSR count). The van der Waals surface area contributed by atoms with Crippen LogP contribution in [0.3, 0.4) is 0 Å². The first-order chi connectivity index (χ1) is 8.01. The number of aliphatic carboxylic acids is 1. The summed E-state index contributed by atoms with van der Waals surface area (Å²) in [6, 6.07) is 9.29. The lowest BCUT2D eigenvalue weighted by Gasteiger charge is -2.16. The van der Waals surface area contributed by atoms with Crippen LogP contribution in [0.25, 0.3) is 11.4 Å². The van der Waals surface area contributed by atoms with Gasteiger partial charge in [0.15, 0.2) is 5.54 Å². The molecule has 0 atom stereocenters. The van der Waals surface area contributed by atoms with Crippen molar-refractivity contribution in [2.24, 2.45) is 0 Å². The van der Waals surface area contributed by atoms with Gasteiger partial charge in [-0.05, 0) is 19.1 Å². The Morgan fingerprint density at radius 3 is 2.53 bits per heavy atom. The molecule has 1 aromatic carbocycles. The van der Waals surface area contributed by atoms with Crippen LogP contribution in [0.1, 0.15) is 13.8 Å². The summed E-state index contributed by atoms with van der Waals surface area (Å²) < 4.78 is 0. The smallest absolute Gasteiger partial charge is 0.333 e. The number of benzene rings is 1. The van der Waals surface area contributed by atoms with Gasteiger partial charge in [0, 0.05) is 5.56 Å². The molecule has 0 amide bonds. The highest BCUT2D eigenvalue weighted by Crippen LogP contribution is 2.16. The largest absolute Gasteiger partial charge is 0.479 e. The molecule has 1 heterocycles. The molecule has 0 aliphatic carbocycles. The molecule has 0 saturated heterocycles. The summed E-state index contributed by atoms with van der Waals surface area (Å²) in [5.74, 6) is -0.588. The van der Waals surface area contributed by atoms with Gasteiger partial charge in [-0.25, -0.2) is 4.79 Å². The molecule has 0 aliphatic heterocycles. The van der Waals surface area contributed by atoms with Gasteiger partial charge in [0.2, 0.25) is 5.82 Å². The van der Waals surface area contributed by atoms with Gasteiger partial charge in [-0.1, -0.05) is 30.3 Å². The van der Waals surface area contributed by atoms with Gasteiger partial charge in [0.25, 0.3) is 0 Å². The molecule has 1 aromatic heterocycles. The van der Waals surface area contributed by atoms with Crippen LogP contribution in [0, 0.1) is 0 Å². The van der Waals surface area contributed by atoms with Crippen LogP contribution in [0.4, 0.5) is 0 Å². The molecule has 0 spiro atoms. The van der Waals surface area contributed by atoms with Crippen LogP contribution in [0.5, 0.6) is 0 Å². The van der Waals surface area contributed by atoms with E-state index in [0.717, 1.165) is 10.4 Å². The Kier molecular flexibility index (Phi) is 2.63. The van der Waals surface area contributed by atoms with Gasteiger partial charge in [0.05, 0.1) is 0 Å². The molecule has 0 unspecified atom stereocenters. The predicted molar refractivity (Wildman–Crippen MR) is 60.2 cm³/mol. The molecule has 1 N–H and O–H groups in total. The fourth-order valence-electron chi connectivity index (χ4n) is 1.24. The van der Waals surface area contributed by atoms with E-state index in [1.165, 1.54) is 13.8 Å². The molecular weight excluding hydrogens is 220 g/mol.